The molecule has 168 valence electrons. The maximum absolute atomic E-state index is 13.1. The molecule has 6 nitrogen and oxygen atoms in total. The lowest BCUT2D eigenvalue weighted by Gasteiger charge is -2.41. The Balaban J connectivity index is 1.28. The Hall–Kier alpha value is -1.96. The van der Waals surface area contributed by atoms with E-state index in [0.717, 1.165) is 50.1 Å². The number of ether oxygens (including phenoxy) is 1. The fraction of sp³-hybridized carbons (Fsp3) is 0.542. The molecule has 1 aromatic heterocycles. The van der Waals surface area contributed by atoms with Gasteiger partial charge in [0.1, 0.15) is 11.9 Å². The molecule has 2 fully saturated rings. The monoisotopic (exact) mass is 443 g/mol. The lowest BCUT2D eigenvalue weighted by Crippen LogP contribution is -2.50. The molecule has 0 atom stereocenters. The van der Waals surface area contributed by atoms with Crippen molar-refractivity contribution in [2.45, 2.75) is 62.5 Å². The minimum atomic E-state index is -3.41. The summed E-state index contributed by atoms with van der Waals surface area (Å²) in [5, 5.41) is 0. The molecule has 0 saturated carbocycles. The first kappa shape index (κ1) is 22.2. The normalized spacial score (nSPS) is 20.2. The van der Waals surface area contributed by atoms with Crippen LogP contribution in [0.3, 0.4) is 0 Å². The number of pyridine rings is 1. The van der Waals surface area contributed by atoms with Gasteiger partial charge in [-0.3, -0.25) is 4.98 Å². The van der Waals surface area contributed by atoms with Crippen molar-refractivity contribution in [2.24, 2.45) is 0 Å². The van der Waals surface area contributed by atoms with E-state index in [1.807, 2.05) is 24.3 Å². The van der Waals surface area contributed by atoms with Crippen LogP contribution >= 0.6 is 0 Å². The van der Waals surface area contributed by atoms with Crippen LogP contribution in [0.2, 0.25) is 0 Å². The third-order valence-corrected chi connectivity index (χ3v) is 8.47. The molecule has 0 amide bonds. The van der Waals surface area contributed by atoms with Gasteiger partial charge in [0.05, 0.1) is 4.90 Å². The minimum absolute atomic E-state index is 0.243. The van der Waals surface area contributed by atoms with Crippen LogP contribution in [0.5, 0.6) is 5.75 Å². The zero-order valence-electron chi connectivity index (χ0n) is 18.5. The quantitative estimate of drug-likeness (QED) is 0.678. The highest BCUT2D eigenvalue weighted by Crippen LogP contribution is 2.27. The van der Waals surface area contributed by atoms with E-state index in [2.05, 4.69) is 23.7 Å². The highest BCUT2D eigenvalue weighted by molar-refractivity contribution is 7.89. The minimum Gasteiger partial charge on any atom is -0.490 e. The van der Waals surface area contributed by atoms with Gasteiger partial charge in [-0.15, -0.1) is 0 Å². The summed E-state index contributed by atoms with van der Waals surface area (Å²) in [5.74, 6) is 1.28. The van der Waals surface area contributed by atoms with Crippen molar-refractivity contribution >= 4 is 10.0 Å². The van der Waals surface area contributed by atoms with Gasteiger partial charge in [0, 0.05) is 44.6 Å². The molecule has 2 aliphatic rings. The molecule has 0 N–H and O–H groups in total. The maximum Gasteiger partial charge on any atom is 0.243 e. The van der Waals surface area contributed by atoms with E-state index in [1.165, 1.54) is 0 Å². The highest BCUT2D eigenvalue weighted by atomic mass is 32.2. The molecule has 2 aliphatic heterocycles. The number of aromatic nitrogens is 1. The van der Waals surface area contributed by atoms with Crippen molar-refractivity contribution in [3.8, 4) is 5.75 Å². The predicted molar refractivity (Wildman–Crippen MR) is 122 cm³/mol. The summed E-state index contributed by atoms with van der Waals surface area (Å²) in [5.41, 5.74) is 1.16. The van der Waals surface area contributed by atoms with E-state index in [9.17, 15) is 8.42 Å². The average molecular weight is 444 g/mol. The van der Waals surface area contributed by atoms with Gasteiger partial charge in [-0.2, -0.15) is 4.31 Å². The second-order valence-electron chi connectivity index (χ2n) is 8.90. The number of sulfonamides is 1. The Morgan fingerprint density at radius 3 is 2.10 bits per heavy atom. The summed E-state index contributed by atoms with van der Waals surface area (Å²) < 4.78 is 33.8. The summed E-state index contributed by atoms with van der Waals surface area (Å²) in [7, 11) is -3.41. The lowest BCUT2D eigenvalue weighted by molar-refractivity contribution is 0.0585. The van der Waals surface area contributed by atoms with E-state index < -0.39 is 10.0 Å². The number of piperidine rings is 2. The van der Waals surface area contributed by atoms with Gasteiger partial charge in [0.25, 0.3) is 0 Å². The molecule has 4 rings (SSSR count). The molecule has 2 saturated heterocycles. The van der Waals surface area contributed by atoms with Crippen molar-refractivity contribution in [3.05, 3.63) is 54.4 Å². The molecule has 2 aromatic rings. The Bertz CT molecular complexity index is 932. The van der Waals surface area contributed by atoms with Crippen LogP contribution in [-0.2, 0) is 10.0 Å². The molecule has 7 heteroatoms. The first-order valence-corrected chi connectivity index (χ1v) is 12.8. The van der Waals surface area contributed by atoms with Crippen LogP contribution in [-0.4, -0.2) is 60.9 Å². The number of rotatable bonds is 6. The second kappa shape index (κ2) is 9.67. The zero-order chi connectivity index (χ0) is 21.8. The first-order chi connectivity index (χ1) is 14.9. The highest BCUT2D eigenvalue weighted by Gasteiger charge is 2.33. The Morgan fingerprint density at radius 2 is 1.52 bits per heavy atom. The summed E-state index contributed by atoms with van der Waals surface area (Å²) in [4.78, 5) is 6.96. The summed E-state index contributed by atoms with van der Waals surface area (Å²) in [6.45, 7) is 7.41. The molecule has 1 aromatic carbocycles. The van der Waals surface area contributed by atoms with E-state index in [-0.39, 0.29) is 6.10 Å². The fourth-order valence-electron chi connectivity index (χ4n) is 4.59. The van der Waals surface area contributed by atoms with E-state index in [0.29, 0.717) is 29.9 Å². The largest absolute Gasteiger partial charge is 0.490 e. The van der Waals surface area contributed by atoms with Gasteiger partial charge < -0.3 is 9.64 Å². The summed E-state index contributed by atoms with van der Waals surface area (Å²) in [6, 6.07) is 11.6. The van der Waals surface area contributed by atoms with Crippen LogP contribution in [0.1, 0.15) is 51.0 Å². The molecular formula is C24H33N3O3S. The van der Waals surface area contributed by atoms with E-state index >= 15 is 0 Å². The van der Waals surface area contributed by atoms with Gasteiger partial charge in [-0.1, -0.05) is 26.0 Å². The van der Waals surface area contributed by atoms with E-state index in [1.54, 1.807) is 28.8 Å². The third kappa shape index (κ3) is 5.27. The number of nitrogens with zero attached hydrogens (tertiary/aromatic N) is 3. The number of hydrogen-bond acceptors (Lipinski definition) is 5. The fourth-order valence-corrected chi connectivity index (χ4v) is 6.06. The molecule has 31 heavy (non-hydrogen) atoms. The van der Waals surface area contributed by atoms with Crippen molar-refractivity contribution < 1.29 is 13.2 Å². The van der Waals surface area contributed by atoms with Gasteiger partial charge in [0.15, 0.2) is 0 Å². The maximum atomic E-state index is 13.1. The average Bonchev–Trinajstić information content (AvgIpc) is 2.80. The van der Waals surface area contributed by atoms with Crippen LogP contribution in [0.25, 0.3) is 0 Å². The van der Waals surface area contributed by atoms with Gasteiger partial charge in [-0.25, -0.2) is 8.42 Å². The van der Waals surface area contributed by atoms with Gasteiger partial charge >= 0.3 is 0 Å². The van der Waals surface area contributed by atoms with Crippen LogP contribution < -0.4 is 4.74 Å². The van der Waals surface area contributed by atoms with Crippen LogP contribution in [0, 0.1) is 0 Å². The lowest BCUT2D eigenvalue weighted by atomic mass is 10.00. The topological polar surface area (TPSA) is 62.7 Å². The number of likely N-dealkylation sites (tertiary alicyclic amines) is 1. The molecule has 0 bridgehead atoms. The smallest absolute Gasteiger partial charge is 0.243 e. The van der Waals surface area contributed by atoms with E-state index in [4.69, 9.17) is 4.74 Å². The van der Waals surface area contributed by atoms with Crippen LogP contribution in [0.15, 0.2) is 53.7 Å². The molecular weight excluding hydrogens is 410 g/mol. The first-order valence-electron chi connectivity index (χ1n) is 11.3. The molecule has 0 spiro atoms. The Labute approximate surface area is 186 Å². The third-order valence-electron chi connectivity index (χ3n) is 6.55. The predicted octanol–water partition coefficient (Wildman–Crippen LogP) is 3.90. The van der Waals surface area contributed by atoms with Gasteiger partial charge in [-0.05, 0) is 61.4 Å². The second-order valence-corrected chi connectivity index (χ2v) is 10.8. The molecule has 3 heterocycles. The molecule has 0 radical (unpaired) electrons. The van der Waals surface area contributed by atoms with Crippen molar-refractivity contribution in [3.63, 3.8) is 0 Å². The molecule has 0 aliphatic carbocycles. The standard InChI is InChI=1S/C24H33N3O3S/c1-19(2)20-3-5-24(6-4-20)31(28,29)27-17-9-21(10-18-27)26-15-11-23(12-16-26)30-22-7-13-25-14-8-22/h3-8,13-14,19,21,23H,9-12,15-18H2,1-2H3. The molecule has 0 unspecified atom stereocenters. The van der Waals surface area contributed by atoms with Crippen LogP contribution in [0.4, 0.5) is 0 Å². The Morgan fingerprint density at radius 1 is 0.903 bits per heavy atom. The zero-order valence-corrected chi connectivity index (χ0v) is 19.3. The van der Waals surface area contributed by atoms with Gasteiger partial charge in [0.2, 0.25) is 10.0 Å². The van der Waals surface area contributed by atoms with Crippen molar-refractivity contribution in [2.75, 3.05) is 26.2 Å². The van der Waals surface area contributed by atoms with Crippen molar-refractivity contribution in [1.82, 2.24) is 14.2 Å². The SMILES string of the molecule is CC(C)c1ccc(S(=O)(=O)N2CCC(N3CCC(Oc4ccncc4)CC3)CC2)cc1. The number of hydrogen-bond donors (Lipinski definition) is 0. The summed E-state index contributed by atoms with van der Waals surface area (Å²) >= 11 is 0. The number of benzene rings is 1. The Kier molecular flexibility index (Phi) is 6.94. The van der Waals surface area contributed by atoms with Crippen molar-refractivity contribution in [1.29, 1.82) is 0 Å². The summed E-state index contributed by atoms with van der Waals surface area (Å²) in [6.07, 6.45) is 7.54.